The monoisotopic (exact) mass is 449 g/mol. The first-order chi connectivity index (χ1) is 13.3. The third-order valence-electron chi connectivity index (χ3n) is 4.13. The lowest BCUT2D eigenvalue weighted by molar-refractivity contribution is -0.115. The number of benzene rings is 2. The first-order valence-corrected chi connectivity index (χ1v) is 9.45. The molecule has 28 heavy (non-hydrogen) atoms. The number of methoxy groups -OCH3 is 2. The van der Waals surface area contributed by atoms with Crippen molar-refractivity contribution in [1.29, 1.82) is 0 Å². The van der Waals surface area contributed by atoms with Gasteiger partial charge < -0.3 is 25.4 Å². The zero-order chi connectivity index (χ0) is 20.7. The molecule has 0 heterocycles. The Hall–Kier alpha value is -2.74. The number of carbonyl (C=O) groups excluding carboxylic acids is 2. The Morgan fingerprint density at radius 1 is 1.11 bits per heavy atom. The minimum absolute atomic E-state index is 0.145. The van der Waals surface area contributed by atoms with Crippen molar-refractivity contribution in [3.05, 3.63) is 52.0 Å². The molecule has 0 aliphatic rings. The predicted octanol–water partition coefficient (Wildman–Crippen LogP) is 3.77. The third kappa shape index (κ3) is 5.88. The summed E-state index contributed by atoms with van der Waals surface area (Å²) in [6.07, 6.45) is 0. The van der Waals surface area contributed by atoms with Crippen LogP contribution in [0.3, 0.4) is 0 Å². The lowest BCUT2D eigenvalue weighted by Crippen LogP contribution is -2.41. The van der Waals surface area contributed by atoms with Gasteiger partial charge in [-0.05, 0) is 49.7 Å². The van der Waals surface area contributed by atoms with Gasteiger partial charge in [-0.3, -0.25) is 4.79 Å². The summed E-state index contributed by atoms with van der Waals surface area (Å²) in [5, 5.41) is 8.12. The largest absolute Gasteiger partial charge is 0.497 e. The fourth-order valence-corrected chi connectivity index (χ4v) is 3.10. The van der Waals surface area contributed by atoms with Gasteiger partial charge >= 0.3 is 6.03 Å². The number of carbonyl (C=O) groups is 2. The molecular formula is C20H24BrN3O4. The van der Waals surface area contributed by atoms with Crippen molar-refractivity contribution in [2.24, 2.45) is 0 Å². The lowest BCUT2D eigenvalue weighted by atomic mass is 10.1. The molecule has 0 radical (unpaired) electrons. The van der Waals surface area contributed by atoms with Crippen molar-refractivity contribution in [2.75, 3.05) is 26.1 Å². The summed E-state index contributed by atoms with van der Waals surface area (Å²) >= 11 is 3.38. The molecule has 7 nitrogen and oxygen atoms in total. The van der Waals surface area contributed by atoms with Crippen LogP contribution in [0.5, 0.6) is 11.5 Å². The van der Waals surface area contributed by atoms with Crippen LogP contribution < -0.4 is 25.4 Å². The SMILES string of the molecule is COc1ccc(C(C)NC(=O)NCC(=O)Nc2ccc(Br)cc2C)c(OC)c1. The van der Waals surface area contributed by atoms with Crippen molar-refractivity contribution < 1.29 is 19.1 Å². The Labute approximate surface area is 172 Å². The number of hydrogen-bond acceptors (Lipinski definition) is 4. The van der Waals surface area contributed by atoms with E-state index in [1.165, 1.54) is 0 Å². The first kappa shape index (κ1) is 21.6. The molecule has 0 aliphatic heterocycles. The molecule has 0 spiro atoms. The number of anilines is 1. The topological polar surface area (TPSA) is 88.7 Å². The molecule has 3 N–H and O–H groups in total. The summed E-state index contributed by atoms with van der Waals surface area (Å²) in [6, 6.07) is 10.1. The van der Waals surface area contributed by atoms with E-state index < -0.39 is 6.03 Å². The van der Waals surface area contributed by atoms with Crippen LogP contribution in [0.15, 0.2) is 40.9 Å². The molecule has 0 bridgehead atoms. The maximum absolute atomic E-state index is 12.1. The third-order valence-corrected chi connectivity index (χ3v) is 4.62. The van der Waals surface area contributed by atoms with Crippen LogP contribution in [0.1, 0.15) is 24.1 Å². The van der Waals surface area contributed by atoms with E-state index in [1.54, 1.807) is 32.4 Å². The van der Waals surface area contributed by atoms with Gasteiger partial charge in [-0.25, -0.2) is 4.79 Å². The van der Waals surface area contributed by atoms with Gasteiger partial charge in [-0.15, -0.1) is 0 Å². The molecule has 1 unspecified atom stereocenters. The molecule has 1 atom stereocenters. The highest BCUT2D eigenvalue weighted by Gasteiger charge is 2.15. The molecule has 0 saturated carbocycles. The highest BCUT2D eigenvalue weighted by Crippen LogP contribution is 2.29. The van der Waals surface area contributed by atoms with Gasteiger partial charge in [0, 0.05) is 21.8 Å². The molecule has 2 aromatic rings. The summed E-state index contributed by atoms with van der Waals surface area (Å²) in [7, 11) is 3.13. The summed E-state index contributed by atoms with van der Waals surface area (Å²) in [6.45, 7) is 3.58. The number of nitrogens with one attached hydrogen (secondary N) is 3. The molecule has 150 valence electrons. The van der Waals surface area contributed by atoms with E-state index in [0.717, 1.165) is 15.6 Å². The summed E-state index contributed by atoms with van der Waals surface area (Å²) in [5.74, 6) is 0.961. The molecular weight excluding hydrogens is 426 g/mol. The summed E-state index contributed by atoms with van der Waals surface area (Å²) in [4.78, 5) is 24.2. The molecule has 2 aromatic carbocycles. The fourth-order valence-electron chi connectivity index (χ4n) is 2.62. The van der Waals surface area contributed by atoms with Crippen LogP contribution in [-0.2, 0) is 4.79 Å². The Morgan fingerprint density at radius 3 is 2.50 bits per heavy atom. The second-order valence-corrected chi connectivity index (χ2v) is 7.08. The van der Waals surface area contributed by atoms with E-state index in [4.69, 9.17) is 9.47 Å². The maximum atomic E-state index is 12.1. The van der Waals surface area contributed by atoms with Crippen molar-refractivity contribution >= 4 is 33.6 Å². The Morgan fingerprint density at radius 2 is 1.86 bits per heavy atom. The van der Waals surface area contributed by atoms with Crippen molar-refractivity contribution in [1.82, 2.24) is 10.6 Å². The van der Waals surface area contributed by atoms with Gasteiger partial charge in [-0.1, -0.05) is 15.9 Å². The standard InChI is InChI=1S/C20H24BrN3O4/c1-12-9-14(21)5-8-17(12)24-19(25)11-22-20(26)23-13(2)16-7-6-15(27-3)10-18(16)28-4/h5-10,13H,11H2,1-4H3,(H,24,25)(H2,22,23,26). The normalized spacial score (nSPS) is 11.3. The minimum Gasteiger partial charge on any atom is -0.497 e. The fraction of sp³-hybridized carbons (Fsp3) is 0.300. The number of ether oxygens (including phenoxy) is 2. The van der Waals surface area contributed by atoms with Gasteiger partial charge in [0.05, 0.1) is 26.8 Å². The van der Waals surface area contributed by atoms with Crippen LogP contribution in [0.25, 0.3) is 0 Å². The maximum Gasteiger partial charge on any atom is 0.315 e. The van der Waals surface area contributed by atoms with Crippen LogP contribution in [0, 0.1) is 6.92 Å². The van der Waals surface area contributed by atoms with Gasteiger partial charge in [0.15, 0.2) is 0 Å². The van der Waals surface area contributed by atoms with Crippen LogP contribution in [-0.4, -0.2) is 32.7 Å². The highest BCUT2D eigenvalue weighted by molar-refractivity contribution is 9.10. The average molecular weight is 450 g/mol. The lowest BCUT2D eigenvalue weighted by Gasteiger charge is -2.18. The van der Waals surface area contributed by atoms with Crippen LogP contribution in [0.2, 0.25) is 0 Å². The number of amides is 3. The summed E-state index contributed by atoms with van der Waals surface area (Å²) in [5.41, 5.74) is 2.42. The van der Waals surface area contributed by atoms with Crippen molar-refractivity contribution in [2.45, 2.75) is 19.9 Å². The number of hydrogen-bond donors (Lipinski definition) is 3. The molecule has 0 saturated heterocycles. The number of urea groups is 1. The predicted molar refractivity (Wildman–Crippen MR) is 112 cm³/mol. The Kier molecular flexibility index (Phi) is 7.69. The van der Waals surface area contributed by atoms with Gasteiger partial charge in [0.2, 0.25) is 5.91 Å². The Bertz CT molecular complexity index is 857. The zero-order valence-electron chi connectivity index (χ0n) is 16.3. The zero-order valence-corrected chi connectivity index (χ0v) is 17.8. The van der Waals surface area contributed by atoms with Crippen LogP contribution >= 0.6 is 15.9 Å². The molecule has 2 rings (SSSR count). The van der Waals surface area contributed by atoms with Gasteiger partial charge in [0.25, 0.3) is 0 Å². The Balaban J connectivity index is 1.88. The molecule has 0 fully saturated rings. The van der Waals surface area contributed by atoms with E-state index in [1.807, 2.05) is 32.0 Å². The molecule has 0 aromatic heterocycles. The smallest absolute Gasteiger partial charge is 0.315 e. The number of rotatable bonds is 7. The van der Waals surface area contributed by atoms with Crippen LogP contribution in [0.4, 0.5) is 10.5 Å². The van der Waals surface area contributed by atoms with Gasteiger partial charge in [-0.2, -0.15) is 0 Å². The first-order valence-electron chi connectivity index (χ1n) is 8.66. The van der Waals surface area contributed by atoms with E-state index in [-0.39, 0.29) is 18.5 Å². The second kappa shape index (κ2) is 9.98. The van der Waals surface area contributed by atoms with E-state index in [0.29, 0.717) is 17.2 Å². The van der Waals surface area contributed by atoms with E-state index >= 15 is 0 Å². The number of aryl methyl sites for hydroxylation is 1. The quantitative estimate of drug-likeness (QED) is 0.599. The molecule has 0 aliphatic carbocycles. The average Bonchev–Trinajstić information content (AvgIpc) is 2.67. The van der Waals surface area contributed by atoms with E-state index in [9.17, 15) is 9.59 Å². The van der Waals surface area contributed by atoms with Crippen molar-refractivity contribution in [3.63, 3.8) is 0 Å². The highest BCUT2D eigenvalue weighted by atomic mass is 79.9. The van der Waals surface area contributed by atoms with Gasteiger partial charge in [0.1, 0.15) is 11.5 Å². The van der Waals surface area contributed by atoms with E-state index in [2.05, 4.69) is 31.9 Å². The van der Waals surface area contributed by atoms with Crippen molar-refractivity contribution in [3.8, 4) is 11.5 Å². The summed E-state index contributed by atoms with van der Waals surface area (Å²) < 4.78 is 11.5. The second-order valence-electron chi connectivity index (χ2n) is 6.16. The minimum atomic E-state index is -0.451. The number of halogens is 1. The molecule has 8 heteroatoms. The molecule has 3 amide bonds.